The zero-order valence-corrected chi connectivity index (χ0v) is 14.0. The van der Waals surface area contributed by atoms with Crippen molar-refractivity contribution in [1.82, 2.24) is 5.32 Å². The summed E-state index contributed by atoms with van der Waals surface area (Å²) in [4.78, 5) is 11.5. The molecule has 7 heteroatoms. The number of carbonyl (C=O) groups excluding carboxylic acids is 1. The molecule has 1 unspecified atom stereocenters. The molecule has 130 valence electrons. The molecule has 2 N–H and O–H groups in total. The maximum atomic E-state index is 12.9. The third-order valence-electron chi connectivity index (χ3n) is 2.91. The molecular formula is C16H23F3N2O2. The number of amides is 1. The van der Waals surface area contributed by atoms with Gasteiger partial charge in [-0.2, -0.15) is 13.2 Å². The van der Waals surface area contributed by atoms with Crippen molar-refractivity contribution in [2.75, 3.05) is 11.9 Å². The zero-order chi connectivity index (χ0) is 17.8. The largest absolute Gasteiger partial charge is 0.444 e. The number of benzene rings is 1. The summed E-state index contributed by atoms with van der Waals surface area (Å²) in [6.07, 6.45) is -4.95. The lowest BCUT2D eigenvalue weighted by Gasteiger charge is -2.22. The number of hydrogen-bond donors (Lipinski definition) is 2. The summed E-state index contributed by atoms with van der Waals surface area (Å²) in [6, 6.07) is 3.80. The van der Waals surface area contributed by atoms with Crippen LogP contribution in [0.15, 0.2) is 18.2 Å². The normalized spacial score (nSPS) is 13.4. The average Bonchev–Trinajstić information content (AvgIpc) is 2.35. The predicted octanol–water partition coefficient (Wildman–Crippen LogP) is 4.34. The van der Waals surface area contributed by atoms with Gasteiger partial charge in [-0.15, -0.1) is 0 Å². The molecule has 4 nitrogen and oxygen atoms in total. The van der Waals surface area contributed by atoms with Gasteiger partial charge in [0.1, 0.15) is 5.60 Å². The van der Waals surface area contributed by atoms with Crippen LogP contribution in [0.1, 0.15) is 38.8 Å². The lowest BCUT2D eigenvalue weighted by atomic mass is 10.1. The second-order valence-corrected chi connectivity index (χ2v) is 6.46. The van der Waals surface area contributed by atoms with E-state index in [1.54, 1.807) is 33.8 Å². The molecule has 0 aliphatic heterocycles. The smallest absolute Gasteiger partial charge is 0.416 e. The molecule has 1 rings (SSSR count). The second kappa shape index (κ2) is 7.10. The van der Waals surface area contributed by atoms with Crippen molar-refractivity contribution in [3.63, 3.8) is 0 Å². The van der Waals surface area contributed by atoms with Crippen molar-refractivity contribution in [3.05, 3.63) is 29.3 Å². The summed E-state index contributed by atoms with van der Waals surface area (Å²) in [6.45, 7) is 8.65. The quantitative estimate of drug-likeness (QED) is 0.862. The van der Waals surface area contributed by atoms with E-state index in [4.69, 9.17) is 4.74 Å². The first-order valence-electron chi connectivity index (χ1n) is 7.30. The number of alkyl halides is 3. The van der Waals surface area contributed by atoms with E-state index in [1.807, 2.05) is 0 Å². The number of alkyl carbamates (subject to hydrolysis) is 1. The summed E-state index contributed by atoms with van der Waals surface area (Å²) in [7, 11) is 0. The summed E-state index contributed by atoms with van der Waals surface area (Å²) in [5, 5.41) is 5.50. The van der Waals surface area contributed by atoms with Gasteiger partial charge in [-0.1, -0.05) is 6.07 Å². The fraction of sp³-hybridized carbons (Fsp3) is 0.562. The van der Waals surface area contributed by atoms with Gasteiger partial charge in [-0.3, -0.25) is 0 Å². The first-order valence-corrected chi connectivity index (χ1v) is 7.30. The predicted molar refractivity (Wildman–Crippen MR) is 83.5 cm³/mol. The minimum Gasteiger partial charge on any atom is -0.444 e. The van der Waals surface area contributed by atoms with Crippen LogP contribution < -0.4 is 10.6 Å². The minimum absolute atomic E-state index is 0.169. The van der Waals surface area contributed by atoms with Gasteiger partial charge in [0, 0.05) is 18.3 Å². The van der Waals surface area contributed by atoms with E-state index in [9.17, 15) is 18.0 Å². The van der Waals surface area contributed by atoms with Gasteiger partial charge in [-0.05, 0) is 52.3 Å². The molecule has 1 aromatic carbocycles. The van der Waals surface area contributed by atoms with Crippen LogP contribution in [0.2, 0.25) is 0 Å². The van der Waals surface area contributed by atoms with Crippen LogP contribution in [0.25, 0.3) is 0 Å². The number of rotatable bonds is 4. The van der Waals surface area contributed by atoms with Crippen molar-refractivity contribution in [2.45, 2.75) is 52.4 Å². The van der Waals surface area contributed by atoms with Crippen LogP contribution in [-0.2, 0) is 10.9 Å². The SMILES string of the molecule is Cc1ccc(NC(C)CNC(=O)OC(C)(C)C)cc1C(F)(F)F. The average molecular weight is 332 g/mol. The van der Waals surface area contributed by atoms with Gasteiger partial charge in [0.2, 0.25) is 0 Å². The van der Waals surface area contributed by atoms with Crippen molar-refractivity contribution in [1.29, 1.82) is 0 Å². The van der Waals surface area contributed by atoms with E-state index < -0.39 is 23.4 Å². The fourth-order valence-electron chi connectivity index (χ4n) is 1.90. The van der Waals surface area contributed by atoms with Crippen LogP contribution in [0.4, 0.5) is 23.7 Å². The topological polar surface area (TPSA) is 50.4 Å². The Morgan fingerprint density at radius 1 is 1.26 bits per heavy atom. The molecule has 1 aromatic rings. The van der Waals surface area contributed by atoms with Crippen LogP contribution in [0, 0.1) is 6.92 Å². The Bertz CT molecular complexity index is 551. The standard InChI is InChI=1S/C16H23F3N2O2/c1-10-6-7-12(8-13(10)16(17,18)19)21-11(2)9-20-14(22)23-15(3,4)5/h6-8,11,21H,9H2,1-5H3,(H,20,22). The Balaban J connectivity index is 2.61. The van der Waals surface area contributed by atoms with Gasteiger partial charge in [-0.25, -0.2) is 4.79 Å². The Hall–Kier alpha value is -1.92. The third-order valence-corrected chi connectivity index (χ3v) is 2.91. The van der Waals surface area contributed by atoms with Gasteiger partial charge in [0.15, 0.2) is 0 Å². The highest BCUT2D eigenvalue weighted by molar-refractivity contribution is 5.67. The maximum Gasteiger partial charge on any atom is 0.416 e. The number of hydrogen-bond acceptors (Lipinski definition) is 3. The van der Waals surface area contributed by atoms with Crippen LogP contribution in [0.5, 0.6) is 0 Å². The molecule has 0 spiro atoms. The number of aryl methyl sites for hydroxylation is 1. The number of ether oxygens (including phenoxy) is 1. The number of nitrogens with one attached hydrogen (secondary N) is 2. The van der Waals surface area contributed by atoms with E-state index in [-0.39, 0.29) is 18.2 Å². The molecular weight excluding hydrogens is 309 g/mol. The minimum atomic E-state index is -4.39. The molecule has 0 bridgehead atoms. The lowest BCUT2D eigenvalue weighted by Crippen LogP contribution is -2.38. The molecule has 23 heavy (non-hydrogen) atoms. The van der Waals surface area contributed by atoms with Crippen molar-refractivity contribution in [3.8, 4) is 0 Å². The lowest BCUT2D eigenvalue weighted by molar-refractivity contribution is -0.138. The molecule has 1 atom stereocenters. The molecule has 1 amide bonds. The van der Waals surface area contributed by atoms with Crippen LogP contribution in [-0.4, -0.2) is 24.3 Å². The maximum absolute atomic E-state index is 12.9. The Morgan fingerprint density at radius 2 is 1.87 bits per heavy atom. The first-order chi connectivity index (χ1) is 10.4. The van der Waals surface area contributed by atoms with E-state index in [0.29, 0.717) is 5.69 Å². The highest BCUT2D eigenvalue weighted by Gasteiger charge is 2.32. The first kappa shape index (κ1) is 19.1. The molecule has 0 aliphatic carbocycles. The van der Waals surface area contributed by atoms with E-state index in [2.05, 4.69) is 10.6 Å². The Labute approximate surface area is 134 Å². The number of halogens is 3. The second-order valence-electron chi connectivity index (χ2n) is 6.46. The molecule has 0 aliphatic rings. The summed E-state index contributed by atoms with van der Waals surface area (Å²) in [5.41, 5.74) is -0.752. The molecule has 0 heterocycles. The summed E-state index contributed by atoms with van der Waals surface area (Å²) >= 11 is 0. The molecule has 0 fully saturated rings. The van der Waals surface area contributed by atoms with Crippen molar-refractivity contribution in [2.24, 2.45) is 0 Å². The molecule has 0 aromatic heterocycles. The van der Waals surface area contributed by atoms with Crippen LogP contribution >= 0.6 is 0 Å². The highest BCUT2D eigenvalue weighted by Crippen LogP contribution is 2.33. The zero-order valence-electron chi connectivity index (χ0n) is 14.0. The fourth-order valence-corrected chi connectivity index (χ4v) is 1.90. The third kappa shape index (κ3) is 6.80. The molecule has 0 saturated heterocycles. The monoisotopic (exact) mass is 332 g/mol. The van der Waals surface area contributed by atoms with Gasteiger partial charge in [0.25, 0.3) is 0 Å². The van der Waals surface area contributed by atoms with E-state index in [1.165, 1.54) is 13.0 Å². The summed E-state index contributed by atoms with van der Waals surface area (Å²) in [5.74, 6) is 0. The summed E-state index contributed by atoms with van der Waals surface area (Å²) < 4.78 is 43.7. The van der Waals surface area contributed by atoms with Crippen molar-refractivity contribution >= 4 is 11.8 Å². The highest BCUT2D eigenvalue weighted by atomic mass is 19.4. The van der Waals surface area contributed by atoms with Gasteiger partial charge in [0.05, 0.1) is 5.56 Å². The van der Waals surface area contributed by atoms with Gasteiger partial charge < -0.3 is 15.4 Å². The Morgan fingerprint density at radius 3 is 2.39 bits per heavy atom. The molecule has 0 radical (unpaired) electrons. The Kier molecular flexibility index (Phi) is 5.91. The van der Waals surface area contributed by atoms with E-state index in [0.717, 1.165) is 6.07 Å². The van der Waals surface area contributed by atoms with Crippen molar-refractivity contribution < 1.29 is 22.7 Å². The number of anilines is 1. The van der Waals surface area contributed by atoms with E-state index >= 15 is 0 Å². The number of carbonyl (C=O) groups is 1. The molecule has 0 saturated carbocycles. The van der Waals surface area contributed by atoms with Gasteiger partial charge >= 0.3 is 12.3 Å². The van der Waals surface area contributed by atoms with Crippen LogP contribution in [0.3, 0.4) is 0 Å².